The fourth-order valence-corrected chi connectivity index (χ4v) is 2.47. The van der Waals surface area contributed by atoms with Gasteiger partial charge in [-0.15, -0.1) is 0 Å². The maximum atomic E-state index is 9.78. The van der Waals surface area contributed by atoms with Gasteiger partial charge in [0.15, 0.2) is 0 Å². The molecule has 0 bridgehead atoms. The highest BCUT2D eigenvalue weighted by Gasteiger charge is 2.16. The largest absolute Gasteiger partial charge is 0.508 e. The first kappa shape index (κ1) is 12.3. The van der Waals surface area contributed by atoms with Crippen LogP contribution in [0.5, 0.6) is 11.5 Å². The van der Waals surface area contributed by atoms with Gasteiger partial charge < -0.3 is 15.6 Å². The molecule has 0 aliphatic rings. The molecule has 0 radical (unpaired) electrons. The Hall–Kier alpha value is -0.740. The Morgan fingerprint density at radius 3 is 2.73 bits per heavy atom. The number of nitrogens with two attached hydrogens (primary N) is 1. The first-order chi connectivity index (χ1) is 7.11. The SMILES string of the molecule is COc1ccc(O)c(C(C)CCN)c1Br. The van der Waals surface area contributed by atoms with Crippen molar-refractivity contribution in [3.05, 3.63) is 22.2 Å². The number of ether oxygens (including phenoxy) is 1. The van der Waals surface area contributed by atoms with Crippen LogP contribution in [0.4, 0.5) is 0 Å². The van der Waals surface area contributed by atoms with Gasteiger partial charge in [-0.1, -0.05) is 6.92 Å². The van der Waals surface area contributed by atoms with Crippen molar-refractivity contribution in [2.24, 2.45) is 5.73 Å². The van der Waals surface area contributed by atoms with Crippen molar-refractivity contribution in [1.29, 1.82) is 0 Å². The molecule has 4 heteroatoms. The Morgan fingerprint density at radius 2 is 2.20 bits per heavy atom. The van der Waals surface area contributed by atoms with E-state index < -0.39 is 0 Å². The van der Waals surface area contributed by atoms with Gasteiger partial charge in [-0.2, -0.15) is 0 Å². The van der Waals surface area contributed by atoms with Crippen LogP contribution in [0, 0.1) is 0 Å². The van der Waals surface area contributed by atoms with Gasteiger partial charge in [0.1, 0.15) is 11.5 Å². The second-order valence-electron chi connectivity index (χ2n) is 3.49. The lowest BCUT2D eigenvalue weighted by atomic mass is 9.96. The Labute approximate surface area is 98.4 Å². The highest BCUT2D eigenvalue weighted by atomic mass is 79.9. The molecule has 0 spiro atoms. The normalized spacial score (nSPS) is 12.5. The van der Waals surface area contributed by atoms with Gasteiger partial charge in [0.05, 0.1) is 11.6 Å². The van der Waals surface area contributed by atoms with Gasteiger partial charge in [-0.05, 0) is 46.9 Å². The Bertz CT molecular complexity index is 342. The second kappa shape index (κ2) is 5.37. The molecule has 1 rings (SSSR count). The lowest BCUT2D eigenvalue weighted by molar-refractivity contribution is 0.406. The summed E-state index contributed by atoms with van der Waals surface area (Å²) in [7, 11) is 1.61. The molecular weight excluding hydrogens is 258 g/mol. The zero-order valence-corrected chi connectivity index (χ0v) is 10.5. The summed E-state index contributed by atoms with van der Waals surface area (Å²) >= 11 is 3.44. The third kappa shape index (κ3) is 2.63. The monoisotopic (exact) mass is 273 g/mol. The zero-order valence-electron chi connectivity index (χ0n) is 8.96. The van der Waals surface area contributed by atoms with E-state index in [0.717, 1.165) is 22.2 Å². The van der Waals surface area contributed by atoms with Crippen LogP contribution in [-0.2, 0) is 0 Å². The number of phenolic OH excluding ortho intramolecular Hbond substituents is 1. The minimum Gasteiger partial charge on any atom is -0.508 e. The second-order valence-corrected chi connectivity index (χ2v) is 4.29. The Kier molecular flexibility index (Phi) is 4.42. The van der Waals surface area contributed by atoms with E-state index in [2.05, 4.69) is 15.9 Å². The number of hydrogen-bond acceptors (Lipinski definition) is 3. The number of rotatable bonds is 4. The van der Waals surface area contributed by atoms with Crippen molar-refractivity contribution in [2.45, 2.75) is 19.3 Å². The maximum Gasteiger partial charge on any atom is 0.133 e. The molecule has 0 fully saturated rings. The fraction of sp³-hybridized carbons (Fsp3) is 0.455. The molecule has 0 aliphatic heterocycles. The number of phenols is 1. The van der Waals surface area contributed by atoms with Gasteiger partial charge in [0.2, 0.25) is 0 Å². The highest BCUT2D eigenvalue weighted by molar-refractivity contribution is 9.10. The van der Waals surface area contributed by atoms with E-state index >= 15 is 0 Å². The van der Waals surface area contributed by atoms with Gasteiger partial charge >= 0.3 is 0 Å². The summed E-state index contributed by atoms with van der Waals surface area (Å²) in [5, 5.41) is 9.78. The van der Waals surface area contributed by atoms with E-state index in [4.69, 9.17) is 10.5 Å². The minimum atomic E-state index is 0.208. The van der Waals surface area contributed by atoms with E-state index in [9.17, 15) is 5.11 Å². The molecule has 0 aliphatic carbocycles. The number of aromatic hydroxyl groups is 1. The van der Waals surface area contributed by atoms with Gasteiger partial charge in [0.25, 0.3) is 0 Å². The third-order valence-electron chi connectivity index (χ3n) is 2.43. The first-order valence-corrected chi connectivity index (χ1v) is 5.66. The van der Waals surface area contributed by atoms with Crippen LogP contribution < -0.4 is 10.5 Å². The van der Waals surface area contributed by atoms with Crippen LogP contribution in [0.15, 0.2) is 16.6 Å². The Balaban J connectivity index is 3.14. The molecule has 0 saturated carbocycles. The van der Waals surface area contributed by atoms with E-state index in [-0.39, 0.29) is 11.7 Å². The molecule has 0 amide bonds. The molecule has 15 heavy (non-hydrogen) atoms. The van der Waals surface area contributed by atoms with Crippen LogP contribution in [0.25, 0.3) is 0 Å². The van der Waals surface area contributed by atoms with Crippen LogP contribution in [0.3, 0.4) is 0 Å². The number of hydrogen-bond donors (Lipinski definition) is 2. The summed E-state index contributed by atoms with van der Waals surface area (Å²) < 4.78 is 5.99. The van der Waals surface area contributed by atoms with E-state index in [0.29, 0.717) is 6.54 Å². The predicted molar refractivity (Wildman–Crippen MR) is 64.4 cm³/mol. The lowest BCUT2D eigenvalue weighted by Gasteiger charge is -2.16. The van der Waals surface area contributed by atoms with Crippen LogP contribution in [-0.4, -0.2) is 18.8 Å². The predicted octanol–water partition coefficient (Wildman–Crippen LogP) is 2.62. The van der Waals surface area contributed by atoms with Crippen molar-refractivity contribution in [1.82, 2.24) is 0 Å². The summed E-state index contributed by atoms with van der Waals surface area (Å²) in [6, 6.07) is 3.38. The van der Waals surface area contributed by atoms with E-state index in [1.165, 1.54) is 0 Å². The van der Waals surface area contributed by atoms with E-state index in [1.807, 2.05) is 6.92 Å². The van der Waals surface area contributed by atoms with Crippen LogP contribution in [0.2, 0.25) is 0 Å². The van der Waals surface area contributed by atoms with Crippen LogP contribution in [0.1, 0.15) is 24.8 Å². The third-order valence-corrected chi connectivity index (χ3v) is 3.25. The minimum absolute atomic E-state index is 0.208. The topological polar surface area (TPSA) is 55.5 Å². The van der Waals surface area contributed by atoms with Crippen molar-refractivity contribution >= 4 is 15.9 Å². The van der Waals surface area contributed by atoms with Gasteiger partial charge in [-0.3, -0.25) is 0 Å². The summed E-state index contributed by atoms with van der Waals surface area (Å²) in [6.45, 7) is 2.64. The number of benzene rings is 1. The average molecular weight is 274 g/mol. The summed E-state index contributed by atoms with van der Waals surface area (Å²) in [5.41, 5.74) is 6.37. The molecule has 0 heterocycles. The summed E-state index contributed by atoms with van der Waals surface area (Å²) in [6.07, 6.45) is 0.833. The van der Waals surface area contributed by atoms with Crippen molar-refractivity contribution in [3.63, 3.8) is 0 Å². The molecule has 0 aromatic heterocycles. The number of halogens is 1. The Morgan fingerprint density at radius 1 is 1.53 bits per heavy atom. The van der Waals surface area contributed by atoms with Crippen molar-refractivity contribution in [3.8, 4) is 11.5 Å². The van der Waals surface area contributed by atoms with E-state index in [1.54, 1.807) is 19.2 Å². The molecule has 1 aromatic carbocycles. The fourth-order valence-electron chi connectivity index (χ4n) is 1.58. The lowest BCUT2D eigenvalue weighted by Crippen LogP contribution is -2.05. The van der Waals surface area contributed by atoms with Crippen LogP contribution >= 0.6 is 15.9 Å². The summed E-state index contributed by atoms with van der Waals surface area (Å²) in [4.78, 5) is 0. The molecule has 1 atom stereocenters. The van der Waals surface area contributed by atoms with Gasteiger partial charge in [-0.25, -0.2) is 0 Å². The van der Waals surface area contributed by atoms with Gasteiger partial charge in [0, 0.05) is 5.56 Å². The molecule has 84 valence electrons. The number of methoxy groups -OCH3 is 1. The average Bonchev–Trinajstić information content (AvgIpc) is 2.18. The first-order valence-electron chi connectivity index (χ1n) is 4.87. The molecule has 3 nitrogen and oxygen atoms in total. The summed E-state index contributed by atoms with van der Waals surface area (Å²) in [5.74, 6) is 1.22. The molecule has 3 N–H and O–H groups in total. The molecule has 0 saturated heterocycles. The van der Waals surface area contributed by atoms with Crippen molar-refractivity contribution < 1.29 is 9.84 Å². The molecular formula is C11H16BrNO2. The highest BCUT2D eigenvalue weighted by Crippen LogP contribution is 2.39. The van der Waals surface area contributed by atoms with Crippen molar-refractivity contribution in [2.75, 3.05) is 13.7 Å². The quantitative estimate of drug-likeness (QED) is 0.887. The smallest absolute Gasteiger partial charge is 0.133 e. The zero-order chi connectivity index (χ0) is 11.4. The maximum absolute atomic E-state index is 9.78. The molecule has 1 aromatic rings. The molecule has 1 unspecified atom stereocenters. The standard InChI is InChI=1S/C11H16BrNO2/c1-7(5-6-13)10-8(14)3-4-9(15-2)11(10)12/h3-4,7,14H,5-6,13H2,1-2H3.